The maximum Gasteiger partial charge on any atom is 0.224 e. The zero-order chi connectivity index (χ0) is 14.4. The predicted molar refractivity (Wildman–Crippen MR) is 82.5 cm³/mol. The number of amides is 1. The minimum absolute atomic E-state index is 0.0479. The van der Waals surface area contributed by atoms with E-state index in [1.807, 2.05) is 24.3 Å². The molecule has 0 saturated carbocycles. The highest BCUT2D eigenvalue weighted by Crippen LogP contribution is 2.12. The predicted octanol–water partition coefficient (Wildman–Crippen LogP) is 1.80. The number of hydrogen-bond acceptors (Lipinski definition) is 3. The Balaban J connectivity index is 1.76. The Morgan fingerprint density at radius 1 is 1.30 bits per heavy atom. The van der Waals surface area contributed by atoms with E-state index in [9.17, 15) is 4.79 Å². The number of piperidine rings is 1. The quantitative estimate of drug-likeness (QED) is 0.806. The van der Waals surface area contributed by atoms with Gasteiger partial charge in [-0.25, -0.2) is 0 Å². The SMILES string of the molecule is CC(CNC(=O)Cc1ccccc1N)N1CCCCC1. The largest absolute Gasteiger partial charge is 0.398 e. The zero-order valence-corrected chi connectivity index (χ0v) is 12.3. The van der Waals surface area contributed by atoms with Crippen LogP contribution < -0.4 is 11.1 Å². The van der Waals surface area contributed by atoms with Crippen LogP contribution >= 0.6 is 0 Å². The number of likely N-dealkylation sites (tertiary alicyclic amines) is 1. The Kier molecular flexibility index (Phi) is 5.41. The Morgan fingerprint density at radius 2 is 2.00 bits per heavy atom. The molecule has 1 fully saturated rings. The molecule has 0 bridgehead atoms. The average molecular weight is 275 g/mol. The fraction of sp³-hybridized carbons (Fsp3) is 0.562. The molecule has 1 aliphatic heterocycles. The molecule has 4 nitrogen and oxygen atoms in total. The molecule has 1 aromatic carbocycles. The van der Waals surface area contributed by atoms with Gasteiger partial charge in [0.25, 0.3) is 0 Å². The molecule has 4 heteroatoms. The normalized spacial score (nSPS) is 17.6. The van der Waals surface area contributed by atoms with Gasteiger partial charge in [-0.1, -0.05) is 24.6 Å². The monoisotopic (exact) mass is 275 g/mol. The third kappa shape index (κ3) is 4.23. The van der Waals surface area contributed by atoms with Crippen LogP contribution in [0.1, 0.15) is 31.7 Å². The van der Waals surface area contributed by atoms with Crippen molar-refractivity contribution in [1.82, 2.24) is 10.2 Å². The van der Waals surface area contributed by atoms with Gasteiger partial charge in [-0.15, -0.1) is 0 Å². The highest BCUT2D eigenvalue weighted by atomic mass is 16.1. The Labute approximate surface area is 121 Å². The summed E-state index contributed by atoms with van der Waals surface area (Å²) in [4.78, 5) is 14.4. The lowest BCUT2D eigenvalue weighted by atomic mass is 10.1. The molecule has 1 aliphatic rings. The number of nitrogens with two attached hydrogens (primary N) is 1. The molecule has 0 aromatic heterocycles. The Bertz CT molecular complexity index is 441. The summed E-state index contributed by atoms with van der Waals surface area (Å²) in [6.07, 6.45) is 4.25. The summed E-state index contributed by atoms with van der Waals surface area (Å²) < 4.78 is 0. The number of nitrogens with one attached hydrogen (secondary N) is 1. The van der Waals surface area contributed by atoms with Gasteiger partial charge in [0.1, 0.15) is 0 Å². The van der Waals surface area contributed by atoms with Crippen LogP contribution in [0.25, 0.3) is 0 Å². The van der Waals surface area contributed by atoms with E-state index in [0.29, 0.717) is 24.7 Å². The molecular formula is C16H25N3O. The van der Waals surface area contributed by atoms with Crippen molar-refractivity contribution < 1.29 is 4.79 Å². The van der Waals surface area contributed by atoms with E-state index >= 15 is 0 Å². The second-order valence-electron chi connectivity index (χ2n) is 5.63. The number of carbonyl (C=O) groups excluding carboxylic acids is 1. The van der Waals surface area contributed by atoms with E-state index in [1.165, 1.54) is 19.3 Å². The van der Waals surface area contributed by atoms with Crippen LogP contribution in [-0.2, 0) is 11.2 Å². The fourth-order valence-corrected chi connectivity index (χ4v) is 2.68. The molecule has 1 unspecified atom stereocenters. The molecule has 0 radical (unpaired) electrons. The Morgan fingerprint density at radius 3 is 2.70 bits per heavy atom. The summed E-state index contributed by atoms with van der Waals surface area (Å²) >= 11 is 0. The number of para-hydroxylation sites is 1. The molecule has 3 N–H and O–H groups in total. The number of carbonyl (C=O) groups is 1. The fourth-order valence-electron chi connectivity index (χ4n) is 2.68. The molecule has 2 rings (SSSR count). The molecule has 1 aromatic rings. The summed E-state index contributed by atoms with van der Waals surface area (Å²) in [5, 5.41) is 3.02. The van der Waals surface area contributed by atoms with Gasteiger partial charge in [0.05, 0.1) is 6.42 Å². The minimum Gasteiger partial charge on any atom is -0.398 e. The highest BCUT2D eigenvalue weighted by Gasteiger charge is 2.17. The van der Waals surface area contributed by atoms with Gasteiger partial charge in [0.2, 0.25) is 5.91 Å². The third-order valence-electron chi connectivity index (χ3n) is 4.01. The van der Waals surface area contributed by atoms with Crippen molar-refractivity contribution in [3.8, 4) is 0 Å². The van der Waals surface area contributed by atoms with Crippen molar-refractivity contribution in [2.75, 3.05) is 25.4 Å². The molecule has 0 aliphatic carbocycles. The first kappa shape index (κ1) is 14.9. The van der Waals surface area contributed by atoms with Crippen LogP contribution in [0.5, 0.6) is 0 Å². The Hall–Kier alpha value is -1.55. The third-order valence-corrected chi connectivity index (χ3v) is 4.01. The van der Waals surface area contributed by atoms with Crippen LogP contribution in [0.15, 0.2) is 24.3 Å². The van der Waals surface area contributed by atoms with Crippen molar-refractivity contribution in [3.63, 3.8) is 0 Å². The lowest BCUT2D eigenvalue weighted by Gasteiger charge is -2.32. The van der Waals surface area contributed by atoms with Gasteiger partial charge >= 0.3 is 0 Å². The van der Waals surface area contributed by atoms with Crippen LogP contribution in [0, 0.1) is 0 Å². The molecular weight excluding hydrogens is 250 g/mol. The number of rotatable bonds is 5. The summed E-state index contributed by atoms with van der Waals surface area (Å²) in [7, 11) is 0. The van der Waals surface area contributed by atoms with Gasteiger partial charge < -0.3 is 11.1 Å². The average Bonchev–Trinajstić information content (AvgIpc) is 2.48. The number of hydrogen-bond donors (Lipinski definition) is 2. The summed E-state index contributed by atoms with van der Waals surface area (Å²) in [6, 6.07) is 7.94. The van der Waals surface area contributed by atoms with E-state index in [1.54, 1.807) is 0 Å². The molecule has 0 spiro atoms. The summed E-state index contributed by atoms with van der Waals surface area (Å²) in [5.41, 5.74) is 7.44. The van der Waals surface area contributed by atoms with Crippen LogP contribution in [0.3, 0.4) is 0 Å². The van der Waals surface area contributed by atoms with E-state index in [-0.39, 0.29) is 5.91 Å². The topological polar surface area (TPSA) is 58.4 Å². The molecule has 1 saturated heterocycles. The van der Waals surface area contributed by atoms with Crippen molar-refractivity contribution in [1.29, 1.82) is 0 Å². The minimum atomic E-state index is 0.0479. The van der Waals surface area contributed by atoms with Gasteiger partial charge in [-0.2, -0.15) is 0 Å². The molecule has 20 heavy (non-hydrogen) atoms. The number of nitrogen functional groups attached to an aromatic ring is 1. The maximum atomic E-state index is 12.0. The standard InChI is InChI=1S/C16H25N3O/c1-13(19-9-5-2-6-10-19)12-18-16(20)11-14-7-3-4-8-15(14)17/h3-4,7-8,13H,2,5-6,9-12,17H2,1H3,(H,18,20). The van der Waals surface area contributed by atoms with Crippen LogP contribution in [0.4, 0.5) is 5.69 Å². The zero-order valence-electron chi connectivity index (χ0n) is 12.3. The molecule has 1 amide bonds. The van der Waals surface area contributed by atoms with E-state index in [4.69, 9.17) is 5.73 Å². The molecule has 1 heterocycles. The first-order valence-corrected chi connectivity index (χ1v) is 7.51. The second-order valence-corrected chi connectivity index (χ2v) is 5.63. The maximum absolute atomic E-state index is 12.0. The summed E-state index contributed by atoms with van der Waals surface area (Å²) in [6.45, 7) is 5.21. The van der Waals surface area contributed by atoms with E-state index < -0.39 is 0 Å². The van der Waals surface area contributed by atoms with Crippen LogP contribution in [0.2, 0.25) is 0 Å². The lowest BCUT2D eigenvalue weighted by Crippen LogP contribution is -2.44. The first-order valence-electron chi connectivity index (χ1n) is 7.51. The summed E-state index contributed by atoms with van der Waals surface area (Å²) in [5.74, 6) is 0.0479. The molecule has 1 atom stereocenters. The van der Waals surface area contributed by atoms with E-state index in [2.05, 4.69) is 17.1 Å². The van der Waals surface area contributed by atoms with Gasteiger partial charge in [-0.05, 0) is 44.5 Å². The lowest BCUT2D eigenvalue weighted by molar-refractivity contribution is -0.120. The van der Waals surface area contributed by atoms with Crippen molar-refractivity contribution in [2.45, 2.75) is 38.6 Å². The van der Waals surface area contributed by atoms with Crippen molar-refractivity contribution in [2.24, 2.45) is 0 Å². The van der Waals surface area contributed by atoms with Crippen LogP contribution in [-0.4, -0.2) is 36.5 Å². The highest BCUT2D eigenvalue weighted by molar-refractivity contribution is 5.80. The number of benzene rings is 1. The first-order chi connectivity index (χ1) is 9.66. The number of nitrogens with zero attached hydrogens (tertiary/aromatic N) is 1. The van der Waals surface area contributed by atoms with Gasteiger partial charge in [0, 0.05) is 18.3 Å². The smallest absolute Gasteiger partial charge is 0.224 e. The van der Waals surface area contributed by atoms with Crippen molar-refractivity contribution in [3.05, 3.63) is 29.8 Å². The van der Waals surface area contributed by atoms with Gasteiger partial charge in [-0.3, -0.25) is 9.69 Å². The molecule has 110 valence electrons. The van der Waals surface area contributed by atoms with Gasteiger partial charge in [0.15, 0.2) is 0 Å². The van der Waals surface area contributed by atoms with Crippen molar-refractivity contribution >= 4 is 11.6 Å². The number of anilines is 1. The second kappa shape index (κ2) is 7.29. The van der Waals surface area contributed by atoms with E-state index in [0.717, 1.165) is 18.7 Å².